The minimum atomic E-state index is -2.97. The Bertz CT molecular complexity index is 88.5. The monoisotopic (exact) mass is 210 g/mol. The summed E-state index contributed by atoms with van der Waals surface area (Å²) in [6.07, 6.45) is -5.14. The van der Waals surface area contributed by atoms with Crippen LogP contribution in [-0.2, 0) is 0 Å². The molecule has 0 bridgehead atoms. The molecular weight excluding hydrogens is 204 g/mol. The standard InChI is InChI=1S/C4H7Cl2F3Si/c1-2(10(5)6)3(7)4(8)9/h2-4,10H,1H3. The lowest BCUT2D eigenvalue weighted by Gasteiger charge is -2.14. The van der Waals surface area contributed by atoms with Crippen LogP contribution in [0.25, 0.3) is 0 Å². The van der Waals surface area contributed by atoms with Crippen LogP contribution in [0.5, 0.6) is 0 Å². The van der Waals surface area contributed by atoms with Crippen LogP contribution in [0.2, 0.25) is 5.54 Å². The van der Waals surface area contributed by atoms with Crippen LogP contribution in [-0.4, -0.2) is 20.0 Å². The predicted molar refractivity (Wildman–Crippen MR) is 39.2 cm³/mol. The summed E-state index contributed by atoms with van der Waals surface area (Å²) in [7, 11) is -2.29. The molecule has 0 aliphatic rings. The van der Waals surface area contributed by atoms with Crippen LogP contribution in [0.4, 0.5) is 13.2 Å². The molecule has 0 amide bonds. The quantitative estimate of drug-likeness (QED) is 0.497. The zero-order valence-corrected chi connectivity index (χ0v) is 7.87. The highest BCUT2D eigenvalue weighted by Crippen LogP contribution is 2.26. The van der Waals surface area contributed by atoms with Crippen molar-refractivity contribution in [1.82, 2.24) is 0 Å². The van der Waals surface area contributed by atoms with Gasteiger partial charge in [0.25, 0.3) is 6.43 Å². The van der Waals surface area contributed by atoms with Crippen LogP contribution in [0.3, 0.4) is 0 Å². The lowest BCUT2D eigenvalue weighted by Crippen LogP contribution is -2.23. The van der Waals surface area contributed by atoms with E-state index in [1.807, 2.05) is 0 Å². The average molecular weight is 211 g/mol. The molecule has 0 radical (unpaired) electrons. The number of alkyl halides is 3. The first-order valence-corrected chi connectivity index (χ1v) is 6.83. The van der Waals surface area contributed by atoms with Crippen molar-refractivity contribution in [2.75, 3.05) is 0 Å². The molecule has 0 saturated heterocycles. The van der Waals surface area contributed by atoms with E-state index in [0.29, 0.717) is 0 Å². The fourth-order valence-electron chi connectivity index (χ4n) is 0.368. The minimum Gasteiger partial charge on any atom is -0.241 e. The second kappa shape index (κ2) is 4.46. The van der Waals surface area contributed by atoms with Crippen molar-refractivity contribution in [2.45, 2.75) is 25.1 Å². The maximum atomic E-state index is 12.3. The van der Waals surface area contributed by atoms with Crippen LogP contribution >= 0.6 is 22.2 Å². The Morgan fingerprint density at radius 2 is 1.60 bits per heavy atom. The van der Waals surface area contributed by atoms with Gasteiger partial charge in [0.05, 0.1) is 0 Å². The van der Waals surface area contributed by atoms with Gasteiger partial charge in [-0.3, -0.25) is 0 Å². The maximum absolute atomic E-state index is 12.3. The van der Waals surface area contributed by atoms with Crippen molar-refractivity contribution >= 4 is 29.6 Å². The third-order valence-corrected chi connectivity index (χ3v) is 4.69. The van der Waals surface area contributed by atoms with Crippen molar-refractivity contribution < 1.29 is 13.2 Å². The summed E-state index contributed by atoms with van der Waals surface area (Å²) < 4.78 is 35.4. The summed E-state index contributed by atoms with van der Waals surface area (Å²) in [5.41, 5.74) is -0.886. The molecule has 62 valence electrons. The predicted octanol–water partition coefficient (Wildman–Crippen LogP) is 2.68. The molecule has 2 unspecified atom stereocenters. The highest BCUT2D eigenvalue weighted by atomic mass is 35.7. The molecule has 0 aromatic rings. The number of hydrogen-bond donors (Lipinski definition) is 0. The zero-order chi connectivity index (χ0) is 8.31. The van der Waals surface area contributed by atoms with Crippen LogP contribution in [0.1, 0.15) is 6.92 Å². The second-order valence-corrected chi connectivity index (χ2v) is 7.18. The summed E-state index contributed by atoms with van der Waals surface area (Å²) in [6.45, 7) is 1.30. The first kappa shape index (κ1) is 10.6. The molecule has 10 heavy (non-hydrogen) atoms. The molecule has 0 nitrogen and oxygen atoms in total. The fraction of sp³-hybridized carbons (Fsp3) is 1.00. The van der Waals surface area contributed by atoms with Gasteiger partial charge in [0.1, 0.15) is 0 Å². The van der Waals surface area contributed by atoms with Gasteiger partial charge in [0.15, 0.2) is 6.17 Å². The Labute approximate surface area is 68.3 Å². The van der Waals surface area contributed by atoms with E-state index >= 15 is 0 Å². The van der Waals surface area contributed by atoms with E-state index in [1.54, 1.807) is 0 Å². The normalized spacial score (nSPS) is 18.0. The molecule has 0 heterocycles. The molecule has 0 rings (SSSR count). The topological polar surface area (TPSA) is 0 Å². The Morgan fingerprint density at radius 1 is 1.20 bits per heavy atom. The molecule has 6 heteroatoms. The minimum absolute atomic E-state index is 0.886. The van der Waals surface area contributed by atoms with E-state index in [-0.39, 0.29) is 0 Å². The molecule has 0 spiro atoms. The summed E-state index contributed by atoms with van der Waals surface area (Å²) in [5.74, 6) is 0. The first-order chi connectivity index (χ1) is 4.46. The van der Waals surface area contributed by atoms with Gasteiger partial charge in [0, 0.05) is 5.54 Å². The van der Waals surface area contributed by atoms with Crippen LogP contribution in [0.15, 0.2) is 0 Å². The third kappa shape index (κ3) is 3.12. The van der Waals surface area contributed by atoms with Crippen LogP contribution in [0, 0.1) is 0 Å². The van der Waals surface area contributed by atoms with Gasteiger partial charge in [-0.2, -0.15) is 0 Å². The van der Waals surface area contributed by atoms with Crippen molar-refractivity contribution in [3.63, 3.8) is 0 Å². The molecule has 2 atom stereocenters. The van der Waals surface area contributed by atoms with Gasteiger partial charge in [-0.25, -0.2) is 13.2 Å². The molecule has 0 N–H and O–H groups in total. The average Bonchev–Trinajstić information content (AvgIpc) is 1.84. The zero-order valence-electron chi connectivity index (χ0n) is 5.20. The highest BCUT2D eigenvalue weighted by Gasteiger charge is 2.31. The van der Waals surface area contributed by atoms with Crippen molar-refractivity contribution in [3.05, 3.63) is 0 Å². The Hall–Kier alpha value is 0.587. The number of rotatable bonds is 3. The molecule has 0 aliphatic heterocycles. The van der Waals surface area contributed by atoms with Crippen LogP contribution < -0.4 is 0 Å². The summed E-state index contributed by atoms with van der Waals surface area (Å²) in [4.78, 5) is 0. The van der Waals surface area contributed by atoms with E-state index in [0.717, 1.165) is 0 Å². The van der Waals surface area contributed by atoms with Crippen molar-refractivity contribution in [3.8, 4) is 0 Å². The molecule has 0 saturated carbocycles. The second-order valence-electron chi connectivity index (χ2n) is 1.97. The van der Waals surface area contributed by atoms with E-state index in [2.05, 4.69) is 0 Å². The first-order valence-electron chi connectivity index (χ1n) is 2.67. The van der Waals surface area contributed by atoms with Gasteiger partial charge in [0.2, 0.25) is 7.42 Å². The number of halogens is 5. The Balaban J connectivity index is 3.81. The number of hydrogen-bond acceptors (Lipinski definition) is 0. The molecule has 0 aromatic heterocycles. The van der Waals surface area contributed by atoms with Crippen molar-refractivity contribution in [2.24, 2.45) is 0 Å². The van der Waals surface area contributed by atoms with E-state index in [4.69, 9.17) is 22.2 Å². The van der Waals surface area contributed by atoms with E-state index in [9.17, 15) is 13.2 Å². The molecular formula is C4H7Cl2F3Si. The lowest BCUT2D eigenvalue weighted by molar-refractivity contribution is 0.0483. The largest absolute Gasteiger partial charge is 0.269 e. The van der Waals surface area contributed by atoms with Gasteiger partial charge >= 0.3 is 0 Å². The van der Waals surface area contributed by atoms with Gasteiger partial charge in [-0.15, -0.1) is 22.2 Å². The molecule has 0 fully saturated rings. The summed E-state index contributed by atoms with van der Waals surface area (Å²) in [6, 6.07) is 0. The maximum Gasteiger partial charge on any atom is 0.269 e. The highest BCUT2D eigenvalue weighted by molar-refractivity contribution is 7.34. The Morgan fingerprint density at radius 3 is 1.70 bits per heavy atom. The van der Waals surface area contributed by atoms with E-state index < -0.39 is 25.6 Å². The SMILES string of the molecule is CC(C(F)C(F)F)[SiH](Cl)Cl. The van der Waals surface area contributed by atoms with Gasteiger partial charge < -0.3 is 0 Å². The smallest absolute Gasteiger partial charge is 0.241 e. The molecule has 0 aromatic carbocycles. The van der Waals surface area contributed by atoms with E-state index in [1.165, 1.54) is 6.92 Å². The summed E-state index contributed by atoms with van der Waals surface area (Å²) in [5, 5.41) is 0. The fourth-order valence-corrected chi connectivity index (χ4v) is 1.65. The third-order valence-electron chi connectivity index (χ3n) is 1.14. The summed E-state index contributed by atoms with van der Waals surface area (Å²) >= 11 is 10.6. The molecule has 0 aliphatic carbocycles. The lowest BCUT2D eigenvalue weighted by atomic mass is 10.3. The van der Waals surface area contributed by atoms with Gasteiger partial charge in [-0.1, -0.05) is 6.92 Å². The van der Waals surface area contributed by atoms with Crippen molar-refractivity contribution in [1.29, 1.82) is 0 Å². The Kier molecular flexibility index (Phi) is 4.72. The van der Waals surface area contributed by atoms with Gasteiger partial charge in [-0.05, 0) is 0 Å².